The number of unbranched alkanes of at least 4 members (excludes halogenated alkanes) is 1. The summed E-state index contributed by atoms with van der Waals surface area (Å²) in [5.41, 5.74) is 4.62. The molecule has 1 heterocycles. The first-order chi connectivity index (χ1) is 11.0. The summed E-state index contributed by atoms with van der Waals surface area (Å²) in [6, 6.07) is 9.60. The molecule has 0 aliphatic heterocycles. The van der Waals surface area contributed by atoms with Crippen LogP contribution in [0.1, 0.15) is 41.4 Å². The number of hydrogen-bond donors (Lipinski definition) is 1. The van der Waals surface area contributed by atoms with Gasteiger partial charge in [-0.05, 0) is 55.7 Å². The van der Waals surface area contributed by atoms with Crippen molar-refractivity contribution < 1.29 is 4.79 Å². The molecule has 2 rings (SSSR count). The molecule has 0 saturated carbocycles. The van der Waals surface area contributed by atoms with E-state index >= 15 is 0 Å². The lowest BCUT2D eigenvalue weighted by molar-refractivity contribution is 0.102. The van der Waals surface area contributed by atoms with Crippen LogP contribution in [0.25, 0.3) is 0 Å². The van der Waals surface area contributed by atoms with Gasteiger partial charge in [-0.1, -0.05) is 19.4 Å². The highest BCUT2D eigenvalue weighted by Gasteiger charge is 2.09. The molecule has 0 bridgehead atoms. The SMILES string of the molecule is CCCCN(C)c1ccc(C(=O)Nc2ccc(C)c(C)c2)nc1. The van der Waals surface area contributed by atoms with Gasteiger partial charge in [0, 0.05) is 19.3 Å². The second kappa shape index (κ2) is 7.77. The van der Waals surface area contributed by atoms with Crippen molar-refractivity contribution in [3.05, 3.63) is 53.3 Å². The number of carbonyl (C=O) groups excluding carboxylic acids is 1. The van der Waals surface area contributed by atoms with E-state index in [1.807, 2.05) is 38.2 Å². The lowest BCUT2D eigenvalue weighted by Gasteiger charge is -2.18. The number of hydrogen-bond acceptors (Lipinski definition) is 3. The van der Waals surface area contributed by atoms with Crippen LogP contribution in [-0.2, 0) is 0 Å². The molecule has 2 aromatic rings. The zero-order valence-electron chi connectivity index (χ0n) is 14.4. The lowest BCUT2D eigenvalue weighted by atomic mass is 10.1. The summed E-state index contributed by atoms with van der Waals surface area (Å²) in [6.45, 7) is 7.25. The van der Waals surface area contributed by atoms with Crippen LogP contribution in [0.4, 0.5) is 11.4 Å². The van der Waals surface area contributed by atoms with Crippen molar-refractivity contribution in [3.63, 3.8) is 0 Å². The molecule has 1 N–H and O–H groups in total. The molecule has 0 aliphatic carbocycles. The minimum Gasteiger partial charge on any atom is -0.373 e. The van der Waals surface area contributed by atoms with Crippen molar-refractivity contribution in [2.75, 3.05) is 23.8 Å². The Hall–Kier alpha value is -2.36. The van der Waals surface area contributed by atoms with Crippen molar-refractivity contribution in [2.45, 2.75) is 33.6 Å². The van der Waals surface area contributed by atoms with Crippen LogP contribution in [0.3, 0.4) is 0 Å². The maximum absolute atomic E-state index is 12.3. The van der Waals surface area contributed by atoms with E-state index in [0.29, 0.717) is 5.69 Å². The van der Waals surface area contributed by atoms with Crippen molar-refractivity contribution in [1.82, 2.24) is 4.98 Å². The number of pyridine rings is 1. The third-order valence-corrected chi connectivity index (χ3v) is 4.03. The van der Waals surface area contributed by atoms with Gasteiger partial charge in [0.2, 0.25) is 0 Å². The molecule has 0 unspecified atom stereocenters. The average Bonchev–Trinajstić information content (AvgIpc) is 2.56. The van der Waals surface area contributed by atoms with E-state index in [1.54, 1.807) is 12.3 Å². The minimum absolute atomic E-state index is 0.184. The summed E-state index contributed by atoms with van der Waals surface area (Å²) in [5.74, 6) is -0.184. The maximum atomic E-state index is 12.3. The molecule has 0 saturated heterocycles. The Bertz CT molecular complexity index is 665. The molecule has 0 spiro atoms. The Balaban J connectivity index is 2.03. The Labute approximate surface area is 138 Å². The van der Waals surface area contributed by atoms with Gasteiger partial charge in [-0.3, -0.25) is 4.79 Å². The zero-order chi connectivity index (χ0) is 16.8. The van der Waals surface area contributed by atoms with Gasteiger partial charge in [0.05, 0.1) is 11.9 Å². The first kappa shape index (κ1) is 17.0. The highest BCUT2D eigenvalue weighted by molar-refractivity contribution is 6.03. The van der Waals surface area contributed by atoms with Gasteiger partial charge < -0.3 is 10.2 Å². The summed E-state index contributed by atoms with van der Waals surface area (Å²) < 4.78 is 0. The topological polar surface area (TPSA) is 45.2 Å². The summed E-state index contributed by atoms with van der Waals surface area (Å²) >= 11 is 0. The molecule has 4 heteroatoms. The van der Waals surface area contributed by atoms with Crippen molar-refractivity contribution in [2.24, 2.45) is 0 Å². The molecule has 0 radical (unpaired) electrons. The highest BCUT2D eigenvalue weighted by Crippen LogP contribution is 2.16. The molecule has 0 aliphatic rings. The van der Waals surface area contributed by atoms with Crippen LogP contribution in [-0.4, -0.2) is 24.5 Å². The number of nitrogens with one attached hydrogen (secondary N) is 1. The van der Waals surface area contributed by atoms with Gasteiger partial charge in [0.1, 0.15) is 5.69 Å². The summed E-state index contributed by atoms with van der Waals surface area (Å²) in [7, 11) is 2.04. The first-order valence-corrected chi connectivity index (χ1v) is 8.07. The number of nitrogens with zero attached hydrogens (tertiary/aromatic N) is 2. The molecule has 122 valence electrons. The Morgan fingerprint density at radius 2 is 1.96 bits per heavy atom. The average molecular weight is 311 g/mol. The molecule has 4 nitrogen and oxygen atoms in total. The smallest absolute Gasteiger partial charge is 0.274 e. The van der Waals surface area contributed by atoms with E-state index in [4.69, 9.17) is 0 Å². The molecule has 1 aromatic heterocycles. The number of aryl methyl sites for hydroxylation is 2. The number of amides is 1. The van der Waals surface area contributed by atoms with Crippen LogP contribution in [0.5, 0.6) is 0 Å². The van der Waals surface area contributed by atoms with Gasteiger partial charge in [0.25, 0.3) is 5.91 Å². The molecule has 1 amide bonds. The largest absolute Gasteiger partial charge is 0.373 e. The molecule has 23 heavy (non-hydrogen) atoms. The number of carbonyl (C=O) groups is 1. The first-order valence-electron chi connectivity index (χ1n) is 8.07. The van der Waals surface area contributed by atoms with Gasteiger partial charge in [0.15, 0.2) is 0 Å². The van der Waals surface area contributed by atoms with Gasteiger partial charge >= 0.3 is 0 Å². The summed E-state index contributed by atoms with van der Waals surface area (Å²) in [6.07, 6.45) is 4.06. The Morgan fingerprint density at radius 1 is 1.17 bits per heavy atom. The fraction of sp³-hybridized carbons (Fsp3) is 0.368. The highest BCUT2D eigenvalue weighted by atomic mass is 16.1. The quantitative estimate of drug-likeness (QED) is 0.870. The third-order valence-electron chi connectivity index (χ3n) is 4.03. The standard InChI is InChI=1S/C19H25N3O/c1-5-6-11-22(4)17-9-10-18(20-13-17)19(23)21-16-8-7-14(2)15(3)12-16/h7-10,12-13H,5-6,11H2,1-4H3,(H,21,23). The molecule has 1 aromatic carbocycles. The van der Waals surface area contributed by atoms with E-state index in [1.165, 1.54) is 5.56 Å². The third kappa shape index (κ3) is 4.55. The molecular formula is C19H25N3O. The fourth-order valence-electron chi connectivity index (χ4n) is 2.28. The van der Waals surface area contributed by atoms with Crippen molar-refractivity contribution in [1.29, 1.82) is 0 Å². The van der Waals surface area contributed by atoms with Gasteiger partial charge in [-0.2, -0.15) is 0 Å². The van der Waals surface area contributed by atoms with Crippen LogP contribution in [0, 0.1) is 13.8 Å². The van der Waals surface area contributed by atoms with E-state index in [-0.39, 0.29) is 5.91 Å². The number of benzene rings is 1. The minimum atomic E-state index is -0.184. The Morgan fingerprint density at radius 3 is 2.57 bits per heavy atom. The molecule has 0 atom stereocenters. The van der Waals surface area contributed by atoms with E-state index < -0.39 is 0 Å². The number of anilines is 2. The van der Waals surface area contributed by atoms with E-state index in [2.05, 4.69) is 29.0 Å². The second-order valence-corrected chi connectivity index (χ2v) is 5.93. The number of aromatic nitrogens is 1. The predicted molar refractivity (Wildman–Crippen MR) is 96.3 cm³/mol. The summed E-state index contributed by atoms with van der Waals surface area (Å²) in [4.78, 5) is 18.7. The van der Waals surface area contributed by atoms with Crippen LogP contribution < -0.4 is 10.2 Å². The molecule has 0 fully saturated rings. The normalized spacial score (nSPS) is 10.4. The summed E-state index contributed by atoms with van der Waals surface area (Å²) in [5, 5.41) is 2.89. The molecular weight excluding hydrogens is 286 g/mol. The predicted octanol–water partition coefficient (Wildman–Crippen LogP) is 4.19. The van der Waals surface area contributed by atoms with Gasteiger partial charge in [-0.15, -0.1) is 0 Å². The Kier molecular flexibility index (Phi) is 5.74. The van der Waals surface area contributed by atoms with E-state index in [9.17, 15) is 4.79 Å². The van der Waals surface area contributed by atoms with Crippen LogP contribution >= 0.6 is 0 Å². The van der Waals surface area contributed by atoms with Gasteiger partial charge in [-0.25, -0.2) is 4.98 Å². The van der Waals surface area contributed by atoms with Crippen LogP contribution in [0.15, 0.2) is 36.5 Å². The lowest BCUT2D eigenvalue weighted by Crippen LogP contribution is -2.19. The monoisotopic (exact) mass is 311 g/mol. The number of rotatable bonds is 6. The zero-order valence-corrected chi connectivity index (χ0v) is 14.4. The maximum Gasteiger partial charge on any atom is 0.274 e. The van der Waals surface area contributed by atoms with Crippen LogP contribution in [0.2, 0.25) is 0 Å². The second-order valence-electron chi connectivity index (χ2n) is 5.93. The fourth-order valence-corrected chi connectivity index (χ4v) is 2.28. The van der Waals surface area contributed by atoms with Crippen molar-refractivity contribution in [3.8, 4) is 0 Å². The van der Waals surface area contributed by atoms with E-state index in [0.717, 1.165) is 36.3 Å². The van der Waals surface area contributed by atoms with Crippen molar-refractivity contribution >= 4 is 17.3 Å².